The first kappa shape index (κ1) is 13.9. The number of hydrogen-bond acceptors (Lipinski definition) is 6. The summed E-state index contributed by atoms with van der Waals surface area (Å²) < 4.78 is 6.44. The highest BCUT2D eigenvalue weighted by Crippen LogP contribution is 2.22. The molecule has 2 heterocycles. The molecule has 0 saturated heterocycles. The average molecular weight is 297 g/mol. The van der Waals surface area contributed by atoms with E-state index in [1.54, 1.807) is 13.1 Å². The van der Waals surface area contributed by atoms with Gasteiger partial charge in [0.2, 0.25) is 5.95 Å². The van der Waals surface area contributed by atoms with Crippen molar-refractivity contribution in [2.24, 2.45) is 10.8 Å². The van der Waals surface area contributed by atoms with E-state index >= 15 is 0 Å². The van der Waals surface area contributed by atoms with Gasteiger partial charge in [-0.2, -0.15) is 0 Å². The number of ether oxygens (including phenoxy) is 1. The van der Waals surface area contributed by atoms with Crippen LogP contribution in [0.1, 0.15) is 6.92 Å². The standard InChI is InChI=1S/C15H15N5O2/c1-2-22-14(21)11-8-17-15-18-12(9-20(15)19-13(11)16)10-6-4-3-5-7-10/h3-9H,2H2,1H3,(H2,16,19)(H,17,18). The summed E-state index contributed by atoms with van der Waals surface area (Å²) in [4.78, 5) is 16.2. The Kier molecular flexibility index (Phi) is 3.61. The summed E-state index contributed by atoms with van der Waals surface area (Å²) >= 11 is 0. The molecule has 1 aromatic carbocycles. The summed E-state index contributed by atoms with van der Waals surface area (Å²) in [5.41, 5.74) is 7.76. The Morgan fingerprint density at radius 3 is 2.86 bits per heavy atom. The van der Waals surface area contributed by atoms with Crippen molar-refractivity contribution < 1.29 is 9.53 Å². The van der Waals surface area contributed by atoms with Crippen LogP contribution in [0.2, 0.25) is 0 Å². The van der Waals surface area contributed by atoms with Crippen molar-refractivity contribution in [3.05, 3.63) is 48.3 Å². The van der Waals surface area contributed by atoms with Crippen molar-refractivity contribution in [3.8, 4) is 11.3 Å². The number of aromatic nitrogens is 2. The molecule has 3 rings (SSSR count). The van der Waals surface area contributed by atoms with Crippen LogP contribution in [0.5, 0.6) is 0 Å². The first-order valence-electron chi connectivity index (χ1n) is 6.82. The highest BCUT2D eigenvalue weighted by Gasteiger charge is 2.20. The highest BCUT2D eigenvalue weighted by atomic mass is 16.5. The van der Waals surface area contributed by atoms with Crippen LogP contribution in [-0.2, 0) is 9.53 Å². The summed E-state index contributed by atoms with van der Waals surface area (Å²) in [5, 5.41) is 7.12. The number of hydrogen-bond donors (Lipinski definition) is 2. The van der Waals surface area contributed by atoms with E-state index in [1.807, 2.05) is 30.3 Å². The van der Waals surface area contributed by atoms with Crippen LogP contribution in [-0.4, -0.2) is 28.1 Å². The third-order valence-electron chi connectivity index (χ3n) is 3.09. The summed E-state index contributed by atoms with van der Waals surface area (Å²) in [6.45, 7) is 2.00. The fourth-order valence-electron chi connectivity index (χ4n) is 2.05. The molecule has 112 valence electrons. The van der Waals surface area contributed by atoms with Gasteiger partial charge in [0.25, 0.3) is 0 Å². The predicted molar refractivity (Wildman–Crippen MR) is 83.0 cm³/mol. The first-order chi connectivity index (χ1) is 10.7. The summed E-state index contributed by atoms with van der Waals surface area (Å²) in [6, 6.07) is 9.71. The van der Waals surface area contributed by atoms with Crippen LogP contribution in [0.25, 0.3) is 11.3 Å². The number of nitrogens with zero attached hydrogens (tertiary/aromatic N) is 3. The first-order valence-corrected chi connectivity index (χ1v) is 6.82. The smallest absolute Gasteiger partial charge is 0.343 e. The Labute approximate surface area is 127 Å². The van der Waals surface area contributed by atoms with Crippen molar-refractivity contribution >= 4 is 17.8 Å². The number of amidine groups is 1. The quantitative estimate of drug-likeness (QED) is 0.838. The maximum Gasteiger partial charge on any atom is 0.343 e. The monoisotopic (exact) mass is 297 g/mol. The van der Waals surface area contributed by atoms with Gasteiger partial charge in [-0.25, -0.2) is 14.5 Å². The number of rotatable bonds is 3. The van der Waals surface area contributed by atoms with Crippen molar-refractivity contribution in [1.82, 2.24) is 9.66 Å². The molecule has 0 bridgehead atoms. The zero-order valence-electron chi connectivity index (χ0n) is 12.0. The van der Waals surface area contributed by atoms with Gasteiger partial charge in [-0.05, 0) is 6.92 Å². The number of esters is 1. The number of anilines is 1. The van der Waals surface area contributed by atoms with Gasteiger partial charge in [-0.1, -0.05) is 30.3 Å². The van der Waals surface area contributed by atoms with Gasteiger partial charge in [0, 0.05) is 11.8 Å². The van der Waals surface area contributed by atoms with Crippen LogP contribution in [0.3, 0.4) is 0 Å². The number of nitrogens with two attached hydrogens (primary N) is 1. The minimum absolute atomic E-state index is 0.0710. The van der Waals surface area contributed by atoms with Gasteiger partial charge in [-0.3, -0.25) is 0 Å². The molecule has 0 aliphatic carbocycles. The fraction of sp³-hybridized carbons (Fsp3) is 0.133. The Morgan fingerprint density at radius 2 is 2.14 bits per heavy atom. The normalized spacial score (nSPS) is 13.3. The van der Waals surface area contributed by atoms with Gasteiger partial charge in [0.15, 0.2) is 5.84 Å². The fourth-order valence-corrected chi connectivity index (χ4v) is 2.05. The third-order valence-corrected chi connectivity index (χ3v) is 3.09. The second-order valence-corrected chi connectivity index (χ2v) is 4.57. The predicted octanol–water partition coefficient (Wildman–Crippen LogP) is 1.54. The molecule has 0 radical (unpaired) electrons. The number of fused-ring (bicyclic) bond motifs is 1. The number of carbonyl (C=O) groups is 1. The number of benzene rings is 1. The van der Waals surface area contributed by atoms with E-state index in [-0.39, 0.29) is 18.0 Å². The Balaban J connectivity index is 1.93. The molecule has 0 unspecified atom stereocenters. The molecular formula is C15H15N5O2. The zero-order valence-corrected chi connectivity index (χ0v) is 12.0. The molecule has 7 nitrogen and oxygen atoms in total. The molecule has 1 aliphatic rings. The van der Waals surface area contributed by atoms with Gasteiger partial charge >= 0.3 is 5.97 Å². The van der Waals surface area contributed by atoms with E-state index in [0.29, 0.717) is 5.95 Å². The lowest BCUT2D eigenvalue weighted by Crippen LogP contribution is -2.23. The Morgan fingerprint density at radius 1 is 1.36 bits per heavy atom. The Bertz CT molecular complexity index is 761. The summed E-state index contributed by atoms with van der Waals surface area (Å²) in [7, 11) is 0. The second kappa shape index (κ2) is 5.72. The van der Waals surface area contributed by atoms with Crippen LogP contribution in [0.15, 0.2) is 53.4 Å². The average Bonchev–Trinajstić information content (AvgIpc) is 2.85. The molecule has 3 N–H and O–H groups in total. The van der Waals surface area contributed by atoms with Gasteiger partial charge < -0.3 is 15.8 Å². The molecule has 0 atom stereocenters. The van der Waals surface area contributed by atoms with Crippen molar-refractivity contribution in [3.63, 3.8) is 0 Å². The van der Waals surface area contributed by atoms with Gasteiger partial charge in [0.1, 0.15) is 5.57 Å². The lowest BCUT2D eigenvalue weighted by molar-refractivity contribution is -0.137. The van der Waals surface area contributed by atoms with Gasteiger partial charge in [0.05, 0.1) is 18.5 Å². The van der Waals surface area contributed by atoms with E-state index in [9.17, 15) is 4.79 Å². The summed E-state index contributed by atoms with van der Waals surface area (Å²) in [6.07, 6.45) is 3.20. The third kappa shape index (κ3) is 2.56. The van der Waals surface area contributed by atoms with Crippen LogP contribution < -0.4 is 11.1 Å². The SMILES string of the molecule is CCOC(=O)C1=CNc2nc(-c3ccccc3)cn2N=C1N. The van der Waals surface area contributed by atoms with E-state index in [2.05, 4.69) is 15.4 Å². The summed E-state index contributed by atoms with van der Waals surface area (Å²) in [5.74, 6) is 0.0214. The van der Waals surface area contributed by atoms with E-state index < -0.39 is 5.97 Å². The van der Waals surface area contributed by atoms with Crippen molar-refractivity contribution in [2.75, 3.05) is 11.9 Å². The lowest BCUT2D eigenvalue weighted by atomic mass is 10.2. The Hall–Kier alpha value is -3.09. The zero-order chi connectivity index (χ0) is 15.5. The molecule has 0 saturated carbocycles. The van der Waals surface area contributed by atoms with Crippen LogP contribution in [0, 0.1) is 0 Å². The van der Waals surface area contributed by atoms with E-state index in [0.717, 1.165) is 11.3 Å². The van der Waals surface area contributed by atoms with Gasteiger partial charge in [-0.15, -0.1) is 5.10 Å². The molecular weight excluding hydrogens is 282 g/mol. The largest absolute Gasteiger partial charge is 0.462 e. The molecule has 2 aromatic rings. The van der Waals surface area contributed by atoms with E-state index in [4.69, 9.17) is 10.5 Å². The molecule has 1 aromatic heterocycles. The number of carbonyl (C=O) groups excluding carboxylic acids is 1. The molecule has 0 amide bonds. The van der Waals surface area contributed by atoms with Crippen LogP contribution >= 0.6 is 0 Å². The minimum atomic E-state index is -0.523. The second-order valence-electron chi connectivity index (χ2n) is 4.57. The highest BCUT2D eigenvalue weighted by molar-refractivity contribution is 6.18. The topological polar surface area (TPSA) is 94.5 Å². The van der Waals surface area contributed by atoms with E-state index in [1.165, 1.54) is 10.9 Å². The lowest BCUT2D eigenvalue weighted by Gasteiger charge is -2.04. The van der Waals surface area contributed by atoms with Crippen LogP contribution in [0.4, 0.5) is 5.95 Å². The molecule has 22 heavy (non-hydrogen) atoms. The molecule has 7 heteroatoms. The van der Waals surface area contributed by atoms with Crippen molar-refractivity contribution in [1.29, 1.82) is 0 Å². The molecule has 1 aliphatic heterocycles. The number of nitrogens with one attached hydrogen (secondary N) is 1. The maximum absolute atomic E-state index is 11.8. The molecule has 0 spiro atoms. The maximum atomic E-state index is 11.8. The molecule has 0 fully saturated rings. The number of imidazole rings is 1. The van der Waals surface area contributed by atoms with Crippen molar-refractivity contribution in [2.45, 2.75) is 6.92 Å². The minimum Gasteiger partial charge on any atom is -0.462 e.